The summed E-state index contributed by atoms with van der Waals surface area (Å²) in [6.07, 6.45) is 0. The van der Waals surface area contributed by atoms with Gasteiger partial charge in [-0.15, -0.1) is 0 Å². The quantitative estimate of drug-likeness (QED) is 0.854. The lowest BCUT2D eigenvalue weighted by molar-refractivity contribution is 0.600. The summed E-state index contributed by atoms with van der Waals surface area (Å²) in [5.41, 5.74) is 4.98. The second kappa shape index (κ2) is 5.26. The smallest absolute Gasteiger partial charge is 0.263 e. The molecule has 0 aliphatic carbocycles. The van der Waals surface area contributed by atoms with Gasteiger partial charge in [0.15, 0.2) is 0 Å². The molecule has 0 atom stereocenters. The molecule has 0 bridgehead atoms. The fraction of sp³-hybridized carbons (Fsp3) is 0. The number of benzene rings is 2. The molecule has 0 radical (unpaired) electrons. The largest absolute Gasteiger partial charge is 0.396 e. The van der Waals surface area contributed by atoms with Gasteiger partial charge in [-0.25, -0.2) is 17.2 Å². The average molecular weight is 319 g/mol. The van der Waals surface area contributed by atoms with E-state index in [4.69, 9.17) is 17.3 Å². The molecule has 0 saturated carbocycles. The van der Waals surface area contributed by atoms with Crippen LogP contribution in [-0.2, 0) is 10.0 Å². The first-order chi connectivity index (χ1) is 9.29. The number of hydrogen-bond donors (Lipinski definition) is 2. The van der Waals surface area contributed by atoms with E-state index in [9.17, 15) is 17.2 Å². The van der Waals surface area contributed by atoms with Crippen molar-refractivity contribution in [2.24, 2.45) is 0 Å². The molecule has 4 nitrogen and oxygen atoms in total. The zero-order chi connectivity index (χ0) is 14.9. The second-order valence-electron chi connectivity index (χ2n) is 3.92. The second-order valence-corrected chi connectivity index (χ2v) is 5.98. The molecule has 0 aromatic heterocycles. The summed E-state index contributed by atoms with van der Waals surface area (Å²) in [5.74, 6) is -1.42. The highest BCUT2D eigenvalue weighted by atomic mass is 35.5. The lowest BCUT2D eigenvalue weighted by Crippen LogP contribution is -2.14. The molecule has 0 unspecified atom stereocenters. The van der Waals surface area contributed by atoms with Crippen LogP contribution in [0.15, 0.2) is 41.3 Å². The topological polar surface area (TPSA) is 72.2 Å². The number of hydrogen-bond acceptors (Lipinski definition) is 3. The normalized spacial score (nSPS) is 11.3. The van der Waals surface area contributed by atoms with E-state index in [1.54, 1.807) is 0 Å². The number of sulfonamides is 1. The minimum absolute atomic E-state index is 0.0176. The van der Waals surface area contributed by atoms with Crippen LogP contribution in [0.1, 0.15) is 0 Å². The van der Waals surface area contributed by atoms with E-state index in [0.29, 0.717) is 0 Å². The highest BCUT2D eigenvalue weighted by Gasteiger charge is 2.20. The van der Waals surface area contributed by atoms with Crippen LogP contribution >= 0.6 is 11.6 Å². The third kappa shape index (κ3) is 3.00. The molecule has 2 aromatic carbocycles. The Labute approximate surface area is 119 Å². The Hall–Kier alpha value is -1.86. The lowest BCUT2D eigenvalue weighted by atomic mass is 10.3. The SMILES string of the molecule is Nc1cc(S(=O)(=O)Nc2cccc(F)c2)c(Cl)cc1F. The molecular weight excluding hydrogens is 310 g/mol. The maximum absolute atomic E-state index is 13.2. The monoisotopic (exact) mass is 318 g/mol. The highest BCUT2D eigenvalue weighted by molar-refractivity contribution is 7.92. The van der Waals surface area contributed by atoms with E-state index in [0.717, 1.165) is 18.2 Å². The number of nitrogen functional groups attached to an aromatic ring is 1. The minimum Gasteiger partial charge on any atom is -0.396 e. The molecule has 2 aromatic rings. The van der Waals surface area contributed by atoms with Crippen molar-refractivity contribution in [2.75, 3.05) is 10.5 Å². The van der Waals surface area contributed by atoms with Crippen molar-refractivity contribution in [3.8, 4) is 0 Å². The fourth-order valence-electron chi connectivity index (χ4n) is 1.51. The van der Waals surface area contributed by atoms with Crippen molar-refractivity contribution < 1.29 is 17.2 Å². The van der Waals surface area contributed by atoms with Gasteiger partial charge in [0.1, 0.15) is 16.5 Å². The van der Waals surface area contributed by atoms with E-state index in [2.05, 4.69) is 4.72 Å². The number of rotatable bonds is 3. The summed E-state index contributed by atoms with van der Waals surface area (Å²) in [4.78, 5) is -0.387. The number of anilines is 2. The van der Waals surface area contributed by atoms with Crippen molar-refractivity contribution in [2.45, 2.75) is 4.90 Å². The van der Waals surface area contributed by atoms with Gasteiger partial charge in [0.05, 0.1) is 16.4 Å². The summed E-state index contributed by atoms with van der Waals surface area (Å²) in [5, 5.41) is -0.319. The van der Waals surface area contributed by atoms with Gasteiger partial charge in [0, 0.05) is 0 Å². The van der Waals surface area contributed by atoms with E-state index < -0.39 is 21.7 Å². The predicted octanol–water partition coefficient (Wildman–Crippen LogP) is 3.00. The summed E-state index contributed by atoms with van der Waals surface area (Å²) in [6, 6.07) is 6.57. The van der Waals surface area contributed by atoms with Crippen LogP contribution in [0.4, 0.5) is 20.2 Å². The molecular formula is C12H9ClF2N2O2S. The Morgan fingerprint density at radius 1 is 1.15 bits per heavy atom. The highest BCUT2D eigenvalue weighted by Crippen LogP contribution is 2.28. The van der Waals surface area contributed by atoms with Crippen LogP contribution < -0.4 is 10.5 Å². The zero-order valence-electron chi connectivity index (χ0n) is 9.90. The molecule has 0 aliphatic heterocycles. The molecule has 0 heterocycles. The molecule has 2 rings (SSSR count). The molecule has 20 heavy (non-hydrogen) atoms. The third-order valence-electron chi connectivity index (χ3n) is 2.42. The first kappa shape index (κ1) is 14.5. The number of halogens is 3. The van der Waals surface area contributed by atoms with Crippen LogP contribution in [0, 0.1) is 11.6 Å². The Kier molecular flexibility index (Phi) is 3.82. The molecule has 0 aliphatic rings. The van der Waals surface area contributed by atoms with Crippen LogP contribution in [-0.4, -0.2) is 8.42 Å². The Balaban J connectivity index is 2.43. The predicted molar refractivity (Wildman–Crippen MR) is 73.0 cm³/mol. The zero-order valence-corrected chi connectivity index (χ0v) is 11.5. The van der Waals surface area contributed by atoms with Gasteiger partial charge in [-0.05, 0) is 30.3 Å². The van der Waals surface area contributed by atoms with Gasteiger partial charge in [0.2, 0.25) is 0 Å². The third-order valence-corrected chi connectivity index (χ3v) is 4.26. The van der Waals surface area contributed by atoms with Gasteiger partial charge in [-0.3, -0.25) is 4.72 Å². The molecule has 0 spiro atoms. The Bertz CT molecular complexity index is 766. The molecule has 8 heteroatoms. The Morgan fingerprint density at radius 3 is 2.50 bits per heavy atom. The van der Waals surface area contributed by atoms with Gasteiger partial charge in [-0.2, -0.15) is 0 Å². The summed E-state index contributed by atoms with van der Waals surface area (Å²) in [6.45, 7) is 0. The van der Waals surface area contributed by atoms with Gasteiger partial charge >= 0.3 is 0 Å². The minimum atomic E-state index is -4.10. The van der Waals surface area contributed by atoms with Crippen molar-refractivity contribution in [1.82, 2.24) is 0 Å². The maximum Gasteiger partial charge on any atom is 0.263 e. The van der Waals surface area contributed by atoms with Crippen LogP contribution in [0.3, 0.4) is 0 Å². The Morgan fingerprint density at radius 2 is 1.85 bits per heavy atom. The summed E-state index contributed by atoms with van der Waals surface area (Å²) < 4.78 is 52.5. The van der Waals surface area contributed by atoms with Crippen LogP contribution in [0.5, 0.6) is 0 Å². The molecule has 3 N–H and O–H groups in total. The standard InChI is InChI=1S/C12H9ClF2N2O2S/c13-9-5-10(15)11(16)6-12(9)20(18,19)17-8-3-1-2-7(14)4-8/h1-6,17H,16H2. The first-order valence-corrected chi connectivity index (χ1v) is 7.18. The van der Waals surface area contributed by atoms with Crippen molar-refractivity contribution in [1.29, 1.82) is 0 Å². The van der Waals surface area contributed by atoms with Crippen LogP contribution in [0.25, 0.3) is 0 Å². The van der Waals surface area contributed by atoms with E-state index >= 15 is 0 Å². The summed E-state index contributed by atoms with van der Waals surface area (Å²) in [7, 11) is -4.10. The number of nitrogens with one attached hydrogen (secondary N) is 1. The molecule has 0 saturated heterocycles. The van der Waals surface area contributed by atoms with E-state index in [1.807, 2.05) is 0 Å². The van der Waals surface area contributed by atoms with Crippen molar-refractivity contribution >= 4 is 33.0 Å². The molecule has 0 amide bonds. The van der Waals surface area contributed by atoms with E-state index in [1.165, 1.54) is 18.2 Å². The van der Waals surface area contributed by atoms with Gasteiger partial charge in [-0.1, -0.05) is 17.7 Å². The van der Waals surface area contributed by atoms with E-state index in [-0.39, 0.29) is 21.3 Å². The van der Waals surface area contributed by atoms with Crippen molar-refractivity contribution in [3.05, 3.63) is 53.1 Å². The first-order valence-electron chi connectivity index (χ1n) is 5.32. The van der Waals surface area contributed by atoms with Crippen LogP contribution in [0.2, 0.25) is 5.02 Å². The number of nitrogens with two attached hydrogens (primary N) is 1. The fourth-order valence-corrected chi connectivity index (χ4v) is 3.11. The van der Waals surface area contributed by atoms with Gasteiger partial charge in [0.25, 0.3) is 10.0 Å². The maximum atomic E-state index is 13.2. The molecule has 0 fully saturated rings. The van der Waals surface area contributed by atoms with Crippen molar-refractivity contribution in [3.63, 3.8) is 0 Å². The van der Waals surface area contributed by atoms with Gasteiger partial charge < -0.3 is 5.73 Å². The average Bonchev–Trinajstić information content (AvgIpc) is 2.33. The lowest BCUT2D eigenvalue weighted by Gasteiger charge is -2.10. The molecule has 106 valence electrons. The summed E-state index contributed by atoms with van der Waals surface area (Å²) >= 11 is 5.69.